The minimum Gasteiger partial charge on any atom is -0.494 e. The van der Waals surface area contributed by atoms with E-state index in [1.54, 1.807) is 0 Å². The van der Waals surface area contributed by atoms with E-state index < -0.39 is 0 Å². The zero-order chi connectivity index (χ0) is 13.9. The predicted molar refractivity (Wildman–Crippen MR) is 72.6 cm³/mol. The third-order valence-electron chi connectivity index (χ3n) is 2.48. The highest BCUT2D eigenvalue weighted by molar-refractivity contribution is 5.33. The Morgan fingerprint density at radius 1 is 1.58 bits per heavy atom. The number of benzene rings is 1. The second-order valence-electron chi connectivity index (χ2n) is 3.83. The monoisotopic (exact) mass is 259 g/mol. The number of rotatable bonds is 8. The summed E-state index contributed by atoms with van der Waals surface area (Å²) in [4.78, 5) is 2.68. The number of nitriles is 1. The van der Waals surface area contributed by atoms with Crippen LogP contribution in [0.1, 0.15) is 24.9 Å². The van der Waals surface area contributed by atoms with E-state index in [9.17, 15) is 0 Å². The van der Waals surface area contributed by atoms with E-state index >= 15 is 0 Å². The van der Waals surface area contributed by atoms with Gasteiger partial charge in [0.25, 0.3) is 0 Å². The molecule has 0 saturated heterocycles. The lowest BCUT2D eigenvalue weighted by Gasteiger charge is -2.12. The Labute approximate surface area is 112 Å². The maximum Gasteiger partial charge on any atom is 0.121 e. The van der Waals surface area contributed by atoms with Crippen molar-refractivity contribution in [2.24, 2.45) is 5.11 Å². The van der Waals surface area contributed by atoms with Gasteiger partial charge in [0.1, 0.15) is 11.8 Å². The maximum absolute atomic E-state index is 9.17. The minimum absolute atomic E-state index is 0.383. The standard InChI is InChI=1S/C13H17N5O/c1-2-19-12-6-3-5-11(9-12)13(10-14)16-7-4-8-17-18-15/h3,5-6,9,13,16H,2,4,7-8H2,1H3. The second-order valence-corrected chi connectivity index (χ2v) is 3.83. The molecule has 1 rings (SSSR count). The van der Waals surface area contributed by atoms with Gasteiger partial charge in [0.15, 0.2) is 0 Å². The molecule has 0 aliphatic heterocycles. The van der Waals surface area contributed by atoms with Crippen molar-refractivity contribution in [3.05, 3.63) is 40.3 Å². The summed E-state index contributed by atoms with van der Waals surface area (Å²) in [5, 5.41) is 15.7. The first-order valence-electron chi connectivity index (χ1n) is 6.18. The van der Waals surface area contributed by atoms with Gasteiger partial charge in [-0.05, 0) is 43.1 Å². The van der Waals surface area contributed by atoms with Gasteiger partial charge in [0.05, 0.1) is 12.7 Å². The molecule has 1 aromatic carbocycles. The average Bonchev–Trinajstić information content (AvgIpc) is 2.43. The highest BCUT2D eigenvalue weighted by Gasteiger charge is 2.09. The van der Waals surface area contributed by atoms with E-state index in [4.69, 9.17) is 15.5 Å². The van der Waals surface area contributed by atoms with Gasteiger partial charge in [-0.2, -0.15) is 5.26 Å². The summed E-state index contributed by atoms with van der Waals surface area (Å²) >= 11 is 0. The Hall–Kier alpha value is -2.22. The van der Waals surface area contributed by atoms with Crippen LogP contribution < -0.4 is 10.1 Å². The third-order valence-corrected chi connectivity index (χ3v) is 2.48. The van der Waals surface area contributed by atoms with Crippen LogP contribution >= 0.6 is 0 Å². The zero-order valence-corrected chi connectivity index (χ0v) is 10.9. The first kappa shape index (κ1) is 14.8. The molecule has 0 aliphatic carbocycles. The smallest absolute Gasteiger partial charge is 0.121 e. The van der Waals surface area contributed by atoms with Crippen LogP contribution in [0.2, 0.25) is 0 Å². The quantitative estimate of drug-likeness (QED) is 0.336. The van der Waals surface area contributed by atoms with Crippen LogP contribution in [0.3, 0.4) is 0 Å². The van der Waals surface area contributed by atoms with Crippen LogP contribution in [-0.4, -0.2) is 19.7 Å². The molecule has 1 aromatic rings. The fourth-order valence-corrected chi connectivity index (χ4v) is 1.63. The van der Waals surface area contributed by atoms with Gasteiger partial charge in [-0.3, -0.25) is 5.32 Å². The van der Waals surface area contributed by atoms with Gasteiger partial charge in [0.2, 0.25) is 0 Å². The second kappa shape index (κ2) is 8.81. The van der Waals surface area contributed by atoms with Crippen molar-refractivity contribution in [1.82, 2.24) is 5.32 Å². The number of azide groups is 1. The maximum atomic E-state index is 9.17. The highest BCUT2D eigenvalue weighted by atomic mass is 16.5. The Kier molecular flexibility index (Phi) is 6.88. The summed E-state index contributed by atoms with van der Waals surface area (Å²) in [6.07, 6.45) is 0.702. The summed E-state index contributed by atoms with van der Waals surface area (Å²) in [7, 11) is 0. The van der Waals surface area contributed by atoms with Crippen molar-refractivity contribution in [3.63, 3.8) is 0 Å². The van der Waals surface area contributed by atoms with Crippen LogP contribution in [0.15, 0.2) is 29.4 Å². The van der Waals surface area contributed by atoms with E-state index in [2.05, 4.69) is 21.4 Å². The van der Waals surface area contributed by atoms with Gasteiger partial charge >= 0.3 is 0 Å². The molecule has 100 valence electrons. The molecule has 1 unspecified atom stereocenters. The molecule has 6 heteroatoms. The van der Waals surface area contributed by atoms with E-state index in [-0.39, 0.29) is 6.04 Å². The van der Waals surface area contributed by atoms with Gasteiger partial charge in [0, 0.05) is 11.5 Å². The molecule has 0 spiro atoms. The van der Waals surface area contributed by atoms with Crippen LogP contribution in [0.4, 0.5) is 0 Å². The SMILES string of the molecule is CCOc1cccc(C(C#N)NCCCN=[N+]=[N-])c1. The minimum atomic E-state index is -0.383. The average molecular weight is 259 g/mol. The van der Waals surface area contributed by atoms with E-state index in [1.165, 1.54) is 0 Å². The lowest BCUT2D eigenvalue weighted by atomic mass is 10.1. The molecule has 0 heterocycles. The molecule has 0 aliphatic rings. The molecule has 1 N–H and O–H groups in total. The number of nitrogens with one attached hydrogen (secondary N) is 1. The summed E-state index contributed by atoms with van der Waals surface area (Å²) in [5.74, 6) is 0.760. The molecule has 0 bridgehead atoms. The summed E-state index contributed by atoms with van der Waals surface area (Å²) < 4.78 is 5.41. The van der Waals surface area contributed by atoms with Gasteiger partial charge in [-0.1, -0.05) is 17.2 Å². The third kappa shape index (κ3) is 5.30. The first-order chi connectivity index (χ1) is 9.31. The highest BCUT2D eigenvalue weighted by Crippen LogP contribution is 2.19. The molecule has 19 heavy (non-hydrogen) atoms. The van der Waals surface area contributed by atoms with Crippen molar-refractivity contribution in [2.45, 2.75) is 19.4 Å². The molecule has 0 saturated carbocycles. The van der Waals surface area contributed by atoms with Crippen molar-refractivity contribution in [3.8, 4) is 11.8 Å². The molecule has 0 fully saturated rings. The van der Waals surface area contributed by atoms with E-state index in [0.29, 0.717) is 26.1 Å². The van der Waals surface area contributed by atoms with Crippen molar-refractivity contribution < 1.29 is 4.74 Å². The van der Waals surface area contributed by atoms with E-state index in [0.717, 1.165) is 11.3 Å². The van der Waals surface area contributed by atoms with Gasteiger partial charge < -0.3 is 4.74 Å². The zero-order valence-electron chi connectivity index (χ0n) is 10.9. The fourth-order valence-electron chi connectivity index (χ4n) is 1.63. The van der Waals surface area contributed by atoms with Crippen molar-refractivity contribution in [1.29, 1.82) is 5.26 Å². The van der Waals surface area contributed by atoms with Crippen LogP contribution in [0, 0.1) is 11.3 Å². The van der Waals surface area contributed by atoms with Gasteiger partial charge in [-0.25, -0.2) is 0 Å². The summed E-state index contributed by atoms with van der Waals surface area (Å²) in [5.41, 5.74) is 9.02. The molecular formula is C13H17N5O. The van der Waals surface area contributed by atoms with Crippen LogP contribution in [-0.2, 0) is 0 Å². The molecule has 1 atom stereocenters. The Morgan fingerprint density at radius 3 is 3.11 bits per heavy atom. The normalized spacial score (nSPS) is 11.2. The molecule has 0 radical (unpaired) electrons. The Morgan fingerprint density at radius 2 is 2.42 bits per heavy atom. The number of nitrogens with zero attached hydrogens (tertiary/aromatic N) is 4. The lowest BCUT2D eigenvalue weighted by molar-refractivity contribution is 0.339. The largest absolute Gasteiger partial charge is 0.494 e. The predicted octanol–water partition coefficient (Wildman–Crippen LogP) is 2.94. The number of hydrogen-bond acceptors (Lipinski definition) is 4. The van der Waals surface area contributed by atoms with Crippen molar-refractivity contribution in [2.75, 3.05) is 19.7 Å². The lowest BCUT2D eigenvalue weighted by Crippen LogP contribution is -2.21. The summed E-state index contributed by atoms with van der Waals surface area (Å²) in [6.45, 7) is 3.57. The van der Waals surface area contributed by atoms with Gasteiger partial charge in [-0.15, -0.1) is 0 Å². The first-order valence-corrected chi connectivity index (χ1v) is 6.18. The summed E-state index contributed by atoms with van der Waals surface area (Å²) in [6, 6.07) is 9.30. The fraction of sp³-hybridized carbons (Fsp3) is 0.462. The topological polar surface area (TPSA) is 93.8 Å². The van der Waals surface area contributed by atoms with Crippen molar-refractivity contribution >= 4 is 0 Å². The van der Waals surface area contributed by atoms with Crippen LogP contribution in [0.25, 0.3) is 10.4 Å². The molecular weight excluding hydrogens is 242 g/mol. The number of ether oxygens (including phenoxy) is 1. The Bertz CT molecular complexity index is 476. The van der Waals surface area contributed by atoms with Crippen LogP contribution in [0.5, 0.6) is 5.75 Å². The number of hydrogen-bond donors (Lipinski definition) is 1. The molecule has 0 aromatic heterocycles. The van der Waals surface area contributed by atoms with E-state index in [1.807, 2.05) is 31.2 Å². The molecule has 6 nitrogen and oxygen atoms in total. The molecule has 0 amide bonds. The Balaban J connectivity index is 2.56.